The fourth-order valence-electron chi connectivity index (χ4n) is 2.06. The zero-order valence-corrected chi connectivity index (χ0v) is 9.67. The topological polar surface area (TPSA) is 98.9 Å². The summed E-state index contributed by atoms with van der Waals surface area (Å²) in [4.78, 5) is 22.5. The lowest BCUT2D eigenvalue weighted by Crippen LogP contribution is -2.54. The molecule has 2 aliphatic rings. The monoisotopic (exact) mass is 261 g/mol. The summed E-state index contributed by atoms with van der Waals surface area (Å²) in [6, 6.07) is -0.814. The second-order valence-electron chi connectivity index (χ2n) is 4.45. The normalized spacial score (nSPS) is 40.7. The highest BCUT2D eigenvalue weighted by atomic mass is 19.1. The first-order chi connectivity index (χ1) is 8.37. The number of nitrogens with zero attached hydrogens (tertiary/aromatic N) is 1. The Kier molecular flexibility index (Phi) is 3.18. The summed E-state index contributed by atoms with van der Waals surface area (Å²) in [7, 11) is 0. The fourth-order valence-corrected chi connectivity index (χ4v) is 2.06. The van der Waals surface area contributed by atoms with Crippen molar-refractivity contribution < 1.29 is 33.5 Å². The van der Waals surface area contributed by atoms with Crippen LogP contribution in [0.15, 0.2) is 0 Å². The minimum atomic E-state index is -2.23. The van der Waals surface area contributed by atoms with Crippen molar-refractivity contribution in [2.24, 2.45) is 0 Å². The van der Waals surface area contributed by atoms with Crippen molar-refractivity contribution in [3.63, 3.8) is 0 Å². The van der Waals surface area contributed by atoms with E-state index in [0.717, 1.165) is 11.5 Å². The molecule has 3 N–H and O–H groups in total. The van der Waals surface area contributed by atoms with Crippen molar-refractivity contribution in [2.75, 3.05) is 6.61 Å². The molecule has 0 aromatic heterocycles. The number of halogens is 1. The van der Waals surface area contributed by atoms with Gasteiger partial charge in [0.1, 0.15) is 18.6 Å². The molecule has 0 saturated carbocycles. The van der Waals surface area contributed by atoms with Crippen LogP contribution >= 0.6 is 0 Å². The molecule has 2 rings (SSSR count). The number of ether oxygens (including phenoxy) is 1. The molecule has 0 unspecified atom stereocenters. The molecule has 0 aromatic rings. The van der Waals surface area contributed by atoms with Gasteiger partial charge in [0.15, 0.2) is 0 Å². The molecular weight excluding hydrogens is 247 g/mol. The third-order valence-electron chi connectivity index (χ3n) is 3.10. The molecule has 0 spiro atoms. The van der Waals surface area contributed by atoms with Crippen LogP contribution in [0.5, 0.6) is 0 Å². The van der Waals surface area contributed by atoms with E-state index in [0.29, 0.717) is 0 Å². The number of aliphatic hydroxyl groups is 2. The van der Waals surface area contributed by atoms with E-state index in [1.165, 1.54) is 6.21 Å². The van der Waals surface area contributed by atoms with Gasteiger partial charge in [-0.3, -0.25) is 0 Å². The van der Waals surface area contributed by atoms with Gasteiger partial charge in [0.2, 0.25) is 11.9 Å². The van der Waals surface area contributed by atoms with E-state index in [1.54, 1.807) is 0 Å². The Hall–Kier alpha value is -1.38. The van der Waals surface area contributed by atoms with Crippen molar-refractivity contribution in [3.8, 4) is 0 Å². The smallest absolute Gasteiger partial charge is 0.394 e. The quantitative estimate of drug-likeness (QED) is 0.526. The SMILES string of the molecule is C[C@@]1(F)[C@H](O)[C@@H](CO)O[C@H]1[N+]1=CCC(=O)NC1=O. The van der Waals surface area contributed by atoms with Gasteiger partial charge in [0, 0.05) is 0 Å². The first-order valence-electron chi connectivity index (χ1n) is 5.46. The predicted octanol–water partition coefficient (Wildman–Crippen LogP) is -1.48. The Morgan fingerprint density at radius 3 is 2.83 bits per heavy atom. The van der Waals surface area contributed by atoms with Crippen LogP contribution in [-0.2, 0) is 9.53 Å². The number of hydrogen-bond donors (Lipinski definition) is 3. The van der Waals surface area contributed by atoms with Gasteiger partial charge in [-0.05, 0) is 6.92 Å². The van der Waals surface area contributed by atoms with Gasteiger partial charge >= 0.3 is 11.9 Å². The summed E-state index contributed by atoms with van der Waals surface area (Å²) in [5.74, 6) is -0.492. The third kappa shape index (κ3) is 1.92. The van der Waals surface area contributed by atoms with Gasteiger partial charge in [-0.2, -0.15) is 14.7 Å². The van der Waals surface area contributed by atoms with E-state index in [2.05, 4.69) is 0 Å². The highest BCUT2D eigenvalue weighted by molar-refractivity contribution is 6.01. The molecule has 0 aliphatic carbocycles. The predicted molar refractivity (Wildman–Crippen MR) is 55.7 cm³/mol. The Morgan fingerprint density at radius 2 is 2.33 bits per heavy atom. The van der Waals surface area contributed by atoms with Crippen molar-refractivity contribution in [2.45, 2.75) is 37.4 Å². The zero-order chi connectivity index (χ0) is 13.5. The molecule has 7 nitrogen and oxygen atoms in total. The number of nitrogens with one attached hydrogen (secondary N) is 1. The lowest BCUT2D eigenvalue weighted by molar-refractivity contribution is -0.541. The van der Waals surface area contributed by atoms with E-state index in [-0.39, 0.29) is 6.42 Å². The van der Waals surface area contributed by atoms with E-state index in [1.807, 2.05) is 5.32 Å². The Bertz CT molecular complexity index is 422. The molecule has 3 amide bonds. The van der Waals surface area contributed by atoms with Gasteiger partial charge in [-0.15, -0.1) is 0 Å². The molecule has 2 aliphatic heterocycles. The van der Waals surface area contributed by atoms with Crippen LogP contribution in [0.3, 0.4) is 0 Å². The maximum Gasteiger partial charge on any atom is 0.500 e. The van der Waals surface area contributed by atoms with E-state index < -0.39 is 42.6 Å². The van der Waals surface area contributed by atoms with Crippen LogP contribution in [0, 0.1) is 0 Å². The average Bonchev–Trinajstić information content (AvgIpc) is 2.52. The molecule has 1 saturated heterocycles. The number of urea groups is 1. The number of hydrogen-bond acceptors (Lipinski definition) is 5. The second kappa shape index (κ2) is 4.38. The van der Waals surface area contributed by atoms with Gasteiger partial charge in [0.25, 0.3) is 0 Å². The largest absolute Gasteiger partial charge is 0.500 e. The van der Waals surface area contributed by atoms with Crippen molar-refractivity contribution in [1.82, 2.24) is 5.32 Å². The maximum absolute atomic E-state index is 14.3. The fraction of sp³-hybridized carbons (Fsp3) is 0.700. The molecule has 1 fully saturated rings. The molecule has 0 radical (unpaired) electrons. The molecule has 8 heteroatoms. The van der Waals surface area contributed by atoms with Gasteiger partial charge in [0.05, 0.1) is 12.8 Å². The van der Waals surface area contributed by atoms with Crippen LogP contribution in [0.4, 0.5) is 9.18 Å². The van der Waals surface area contributed by atoms with E-state index in [4.69, 9.17) is 9.84 Å². The Morgan fingerprint density at radius 1 is 1.67 bits per heavy atom. The van der Waals surface area contributed by atoms with Crippen molar-refractivity contribution >= 4 is 18.2 Å². The number of rotatable bonds is 2. The standard InChI is InChI=1S/C10H13FN2O5/c1-10(11)7(16)5(4-14)18-8(10)13-3-2-6(15)12-9(13)17/h3,5,7-8,14,16H,2,4H2,1H3/p+1/t5-,7-,8-,10-/m1/s1. The number of aliphatic hydroxyl groups excluding tert-OH is 2. The minimum absolute atomic E-state index is 0.0818. The van der Waals surface area contributed by atoms with Crippen LogP contribution in [-0.4, -0.2) is 63.7 Å². The third-order valence-corrected chi connectivity index (χ3v) is 3.10. The first kappa shape index (κ1) is 13.1. The van der Waals surface area contributed by atoms with Gasteiger partial charge < -0.3 is 14.9 Å². The average molecular weight is 261 g/mol. The van der Waals surface area contributed by atoms with Crippen molar-refractivity contribution in [3.05, 3.63) is 0 Å². The van der Waals surface area contributed by atoms with Crippen LogP contribution < -0.4 is 5.32 Å². The second-order valence-corrected chi connectivity index (χ2v) is 4.45. The Labute approximate surface area is 102 Å². The van der Waals surface area contributed by atoms with Crippen LogP contribution in [0.25, 0.3) is 0 Å². The maximum atomic E-state index is 14.3. The minimum Gasteiger partial charge on any atom is -0.394 e. The summed E-state index contributed by atoms with van der Waals surface area (Å²) in [5, 5.41) is 20.6. The number of alkyl halides is 1. The summed E-state index contributed by atoms with van der Waals surface area (Å²) in [6.45, 7) is 0.515. The number of carbonyl (C=O) groups excluding carboxylic acids is 2. The highest BCUT2D eigenvalue weighted by Crippen LogP contribution is 2.35. The summed E-state index contributed by atoms with van der Waals surface area (Å²) >= 11 is 0. The van der Waals surface area contributed by atoms with Gasteiger partial charge in [-0.1, -0.05) is 0 Å². The molecule has 18 heavy (non-hydrogen) atoms. The van der Waals surface area contributed by atoms with E-state index >= 15 is 0 Å². The molecule has 0 aromatic carbocycles. The number of carbonyl (C=O) groups is 2. The molecule has 100 valence electrons. The van der Waals surface area contributed by atoms with Gasteiger partial charge in [-0.25, -0.2) is 9.18 Å². The molecule has 4 atom stereocenters. The highest BCUT2D eigenvalue weighted by Gasteiger charge is 2.59. The summed E-state index contributed by atoms with van der Waals surface area (Å²) in [6.07, 6.45) is -2.91. The molecular formula is C10H14FN2O5+. The zero-order valence-electron chi connectivity index (χ0n) is 9.67. The van der Waals surface area contributed by atoms with Crippen LogP contribution in [0.2, 0.25) is 0 Å². The Balaban J connectivity index is 2.29. The van der Waals surface area contributed by atoms with Crippen molar-refractivity contribution in [1.29, 1.82) is 0 Å². The lowest BCUT2D eigenvalue weighted by atomic mass is 9.98. The lowest BCUT2D eigenvalue weighted by Gasteiger charge is -2.23. The molecule has 2 heterocycles. The van der Waals surface area contributed by atoms with E-state index in [9.17, 15) is 19.1 Å². The number of amides is 3. The molecule has 0 bridgehead atoms. The summed E-state index contributed by atoms with van der Waals surface area (Å²) in [5.41, 5.74) is -2.23. The number of imide groups is 1. The first-order valence-corrected chi connectivity index (χ1v) is 5.46. The van der Waals surface area contributed by atoms with Crippen LogP contribution in [0.1, 0.15) is 13.3 Å². The summed E-state index contributed by atoms with van der Waals surface area (Å²) < 4.78 is 20.4.